The topological polar surface area (TPSA) is 84.0 Å². The second-order valence-corrected chi connectivity index (χ2v) is 5.56. The molecule has 0 saturated heterocycles. The van der Waals surface area contributed by atoms with Crippen LogP contribution in [0.4, 0.5) is 0 Å². The number of nitrogens with zero attached hydrogens (tertiary/aromatic N) is 3. The highest BCUT2D eigenvalue weighted by atomic mass is 16.5. The predicted octanol–water partition coefficient (Wildman–Crippen LogP) is 2.43. The van der Waals surface area contributed by atoms with Crippen molar-refractivity contribution in [2.45, 2.75) is 38.3 Å². The van der Waals surface area contributed by atoms with Gasteiger partial charge in [0.15, 0.2) is 5.82 Å². The number of benzene rings is 1. The van der Waals surface area contributed by atoms with Crippen molar-refractivity contribution in [3.8, 4) is 11.8 Å². The van der Waals surface area contributed by atoms with Crippen molar-refractivity contribution in [1.29, 1.82) is 5.26 Å². The molecule has 1 aromatic carbocycles. The van der Waals surface area contributed by atoms with Crippen LogP contribution in [0.3, 0.4) is 0 Å². The number of hydrogen-bond donors (Lipinski definition) is 1. The second-order valence-electron chi connectivity index (χ2n) is 5.56. The van der Waals surface area contributed by atoms with Gasteiger partial charge in [-0.05, 0) is 37.5 Å². The van der Waals surface area contributed by atoms with Crippen molar-refractivity contribution in [3.63, 3.8) is 0 Å². The Labute approximate surface area is 129 Å². The van der Waals surface area contributed by atoms with E-state index < -0.39 is 0 Å². The quantitative estimate of drug-likeness (QED) is 0.912. The number of methoxy groups -OCH3 is 1. The minimum atomic E-state index is -0.231. The largest absolute Gasteiger partial charge is 0.496 e. The minimum Gasteiger partial charge on any atom is -0.496 e. The standard InChI is InChI=1S/C16H18N4O2/c1-11-19-15(20-22-11)16(6-3-7-16)18-10-13-8-12(9-17)4-5-14(13)21-2/h4-5,8,18H,3,6-7,10H2,1-2H3. The van der Waals surface area contributed by atoms with E-state index in [1.807, 2.05) is 12.1 Å². The van der Waals surface area contributed by atoms with Gasteiger partial charge >= 0.3 is 0 Å². The maximum absolute atomic E-state index is 9.05. The summed E-state index contributed by atoms with van der Waals surface area (Å²) in [5, 5.41) is 16.6. The van der Waals surface area contributed by atoms with Crippen LogP contribution in [0, 0.1) is 18.3 Å². The molecule has 0 radical (unpaired) electrons. The molecule has 1 aromatic heterocycles. The van der Waals surface area contributed by atoms with Crippen LogP contribution in [0.1, 0.15) is 42.1 Å². The van der Waals surface area contributed by atoms with Crippen LogP contribution in [-0.4, -0.2) is 17.3 Å². The number of aromatic nitrogens is 2. The SMILES string of the molecule is COc1ccc(C#N)cc1CNC1(c2noc(C)n2)CCC1. The Hall–Kier alpha value is -2.39. The summed E-state index contributed by atoms with van der Waals surface area (Å²) >= 11 is 0. The van der Waals surface area contributed by atoms with Gasteiger partial charge in [-0.25, -0.2) is 0 Å². The molecule has 3 rings (SSSR count). The van der Waals surface area contributed by atoms with Gasteiger partial charge in [0.1, 0.15) is 5.75 Å². The van der Waals surface area contributed by atoms with E-state index in [1.165, 1.54) is 0 Å². The second kappa shape index (κ2) is 5.78. The maximum Gasteiger partial charge on any atom is 0.223 e. The molecule has 6 heteroatoms. The average Bonchev–Trinajstić information content (AvgIpc) is 2.92. The highest BCUT2D eigenvalue weighted by molar-refractivity contribution is 5.42. The molecule has 0 amide bonds. The van der Waals surface area contributed by atoms with Gasteiger partial charge in [-0.2, -0.15) is 10.2 Å². The zero-order valence-corrected chi connectivity index (χ0v) is 12.7. The number of nitriles is 1. The van der Waals surface area contributed by atoms with E-state index in [9.17, 15) is 0 Å². The lowest BCUT2D eigenvalue weighted by molar-refractivity contribution is 0.164. The average molecular weight is 298 g/mol. The molecule has 1 aliphatic carbocycles. The molecule has 6 nitrogen and oxygen atoms in total. The van der Waals surface area contributed by atoms with Crippen molar-refractivity contribution < 1.29 is 9.26 Å². The normalized spacial score (nSPS) is 15.9. The number of rotatable bonds is 5. The summed E-state index contributed by atoms with van der Waals surface area (Å²) in [6.07, 6.45) is 3.09. The summed E-state index contributed by atoms with van der Waals surface area (Å²) in [6, 6.07) is 7.58. The van der Waals surface area contributed by atoms with Crippen LogP contribution >= 0.6 is 0 Å². The summed E-state index contributed by atoms with van der Waals surface area (Å²) in [7, 11) is 1.63. The van der Waals surface area contributed by atoms with Crippen LogP contribution in [0.15, 0.2) is 22.7 Å². The van der Waals surface area contributed by atoms with Crippen molar-refractivity contribution in [2.24, 2.45) is 0 Å². The zero-order valence-electron chi connectivity index (χ0n) is 12.7. The highest BCUT2D eigenvalue weighted by Gasteiger charge is 2.42. The van der Waals surface area contributed by atoms with Gasteiger partial charge in [0.25, 0.3) is 0 Å². The Bertz CT molecular complexity index is 713. The summed E-state index contributed by atoms with van der Waals surface area (Å²) in [4.78, 5) is 4.37. The Morgan fingerprint density at radius 2 is 2.27 bits per heavy atom. The third kappa shape index (κ3) is 2.55. The molecule has 1 N–H and O–H groups in total. The molecule has 0 atom stereocenters. The van der Waals surface area contributed by atoms with Gasteiger partial charge in [0.05, 0.1) is 24.3 Å². The Morgan fingerprint density at radius 3 is 2.82 bits per heavy atom. The molecule has 0 bridgehead atoms. The lowest BCUT2D eigenvalue weighted by atomic mass is 9.76. The molecule has 1 aliphatic rings. The van der Waals surface area contributed by atoms with E-state index in [0.717, 1.165) is 30.6 Å². The van der Waals surface area contributed by atoms with Gasteiger partial charge < -0.3 is 14.6 Å². The van der Waals surface area contributed by atoms with Gasteiger partial charge in [0.2, 0.25) is 5.89 Å². The molecule has 0 spiro atoms. The summed E-state index contributed by atoms with van der Waals surface area (Å²) in [5.41, 5.74) is 1.34. The first-order valence-corrected chi connectivity index (χ1v) is 7.30. The monoisotopic (exact) mass is 298 g/mol. The van der Waals surface area contributed by atoms with Crippen molar-refractivity contribution >= 4 is 0 Å². The minimum absolute atomic E-state index is 0.231. The van der Waals surface area contributed by atoms with Crippen LogP contribution in [0.5, 0.6) is 5.75 Å². The fourth-order valence-electron chi connectivity index (χ4n) is 2.75. The zero-order chi connectivity index (χ0) is 15.6. The molecule has 1 heterocycles. The van der Waals surface area contributed by atoms with E-state index in [4.69, 9.17) is 14.5 Å². The first-order valence-electron chi connectivity index (χ1n) is 7.30. The van der Waals surface area contributed by atoms with Crippen LogP contribution in [0.2, 0.25) is 0 Å². The van der Waals surface area contributed by atoms with E-state index in [1.54, 1.807) is 20.1 Å². The van der Waals surface area contributed by atoms with E-state index >= 15 is 0 Å². The molecular formula is C16H18N4O2. The maximum atomic E-state index is 9.05. The van der Waals surface area contributed by atoms with Crippen molar-refractivity contribution in [1.82, 2.24) is 15.5 Å². The molecular weight excluding hydrogens is 280 g/mol. The van der Waals surface area contributed by atoms with Gasteiger partial charge in [-0.3, -0.25) is 0 Å². The highest BCUT2D eigenvalue weighted by Crippen LogP contribution is 2.40. The van der Waals surface area contributed by atoms with Gasteiger partial charge in [0, 0.05) is 19.0 Å². The lowest BCUT2D eigenvalue weighted by Crippen LogP contribution is -2.48. The Morgan fingerprint density at radius 1 is 1.45 bits per heavy atom. The van der Waals surface area contributed by atoms with Crippen molar-refractivity contribution in [2.75, 3.05) is 7.11 Å². The van der Waals surface area contributed by atoms with Crippen molar-refractivity contribution in [3.05, 3.63) is 41.0 Å². The Balaban J connectivity index is 1.80. The smallest absolute Gasteiger partial charge is 0.223 e. The summed E-state index contributed by atoms with van der Waals surface area (Å²) in [5.74, 6) is 2.06. The van der Waals surface area contributed by atoms with Crippen LogP contribution in [-0.2, 0) is 12.1 Å². The molecule has 1 saturated carbocycles. The number of nitrogens with one attached hydrogen (secondary N) is 1. The number of hydrogen-bond acceptors (Lipinski definition) is 6. The summed E-state index contributed by atoms with van der Waals surface area (Å²) < 4.78 is 10.5. The third-order valence-corrected chi connectivity index (χ3v) is 4.19. The van der Waals surface area contributed by atoms with Gasteiger partial charge in [-0.1, -0.05) is 5.16 Å². The number of ether oxygens (including phenoxy) is 1. The molecule has 0 aliphatic heterocycles. The first kappa shape index (κ1) is 14.5. The van der Waals surface area contributed by atoms with E-state index in [0.29, 0.717) is 23.8 Å². The molecule has 1 fully saturated rings. The van der Waals surface area contributed by atoms with E-state index in [-0.39, 0.29) is 5.54 Å². The molecule has 2 aromatic rings. The lowest BCUT2D eigenvalue weighted by Gasteiger charge is -2.40. The number of aryl methyl sites for hydroxylation is 1. The fourth-order valence-corrected chi connectivity index (χ4v) is 2.75. The molecule has 0 unspecified atom stereocenters. The third-order valence-electron chi connectivity index (χ3n) is 4.19. The first-order chi connectivity index (χ1) is 10.7. The van der Waals surface area contributed by atoms with Crippen LogP contribution in [0.25, 0.3) is 0 Å². The molecule has 114 valence electrons. The summed E-state index contributed by atoms with van der Waals surface area (Å²) in [6.45, 7) is 2.38. The van der Waals surface area contributed by atoms with Crippen LogP contribution < -0.4 is 10.1 Å². The predicted molar refractivity (Wildman–Crippen MR) is 79.1 cm³/mol. The van der Waals surface area contributed by atoms with E-state index in [2.05, 4.69) is 21.5 Å². The molecule has 22 heavy (non-hydrogen) atoms. The van der Waals surface area contributed by atoms with Gasteiger partial charge in [-0.15, -0.1) is 0 Å². The Kier molecular flexibility index (Phi) is 3.82. The fraction of sp³-hybridized carbons (Fsp3) is 0.438.